The number of aromatic hydroxyl groups is 1. The monoisotopic (exact) mass is 289 g/mol. The summed E-state index contributed by atoms with van der Waals surface area (Å²) in [5.74, 6) is -0.214. The second kappa shape index (κ2) is 5.87. The molecule has 2 rings (SSSR count). The molecule has 21 heavy (non-hydrogen) atoms. The highest BCUT2D eigenvalue weighted by molar-refractivity contribution is 5.92. The van der Waals surface area contributed by atoms with Crippen molar-refractivity contribution >= 4 is 11.6 Å². The Bertz CT molecular complexity index is 728. The van der Waals surface area contributed by atoms with Crippen LogP contribution in [0.4, 0.5) is 5.69 Å². The number of carbonyl (C=O) groups is 1. The van der Waals surface area contributed by atoms with Crippen molar-refractivity contribution < 1.29 is 9.90 Å². The molecular formula is C15H19N3O3. The van der Waals surface area contributed by atoms with Crippen molar-refractivity contribution in [3.05, 3.63) is 45.6 Å². The van der Waals surface area contributed by atoms with Crippen molar-refractivity contribution in [2.75, 3.05) is 5.32 Å². The zero-order valence-corrected chi connectivity index (χ0v) is 12.4. The smallest absolute Gasteiger partial charge is 0.325 e. The SMILES string of the molecule is Cc1ccc(NC(=O)CCn2c(C)c(C)[nH]c2=O)c(O)c1. The van der Waals surface area contributed by atoms with Crippen LogP contribution >= 0.6 is 0 Å². The second-order valence-corrected chi connectivity index (χ2v) is 5.11. The van der Waals surface area contributed by atoms with Crippen molar-refractivity contribution in [3.8, 4) is 5.75 Å². The minimum absolute atomic E-state index is 0.0363. The molecule has 6 heteroatoms. The van der Waals surface area contributed by atoms with Crippen LogP contribution in [0, 0.1) is 20.8 Å². The predicted molar refractivity (Wildman–Crippen MR) is 80.6 cm³/mol. The Morgan fingerprint density at radius 1 is 1.33 bits per heavy atom. The molecule has 0 fully saturated rings. The number of aryl methyl sites for hydroxylation is 2. The number of H-pyrrole nitrogens is 1. The van der Waals surface area contributed by atoms with Gasteiger partial charge >= 0.3 is 5.69 Å². The molecule has 6 nitrogen and oxygen atoms in total. The van der Waals surface area contributed by atoms with E-state index in [1.807, 2.05) is 20.8 Å². The first kappa shape index (κ1) is 14.9. The third-order valence-electron chi connectivity index (χ3n) is 3.48. The maximum Gasteiger partial charge on any atom is 0.325 e. The van der Waals surface area contributed by atoms with E-state index in [9.17, 15) is 14.7 Å². The third-order valence-corrected chi connectivity index (χ3v) is 3.48. The van der Waals surface area contributed by atoms with Crippen LogP contribution in [0.25, 0.3) is 0 Å². The van der Waals surface area contributed by atoms with Crippen LogP contribution in [0.2, 0.25) is 0 Å². The fraction of sp³-hybridized carbons (Fsp3) is 0.333. The van der Waals surface area contributed by atoms with Gasteiger partial charge in [0.05, 0.1) is 5.69 Å². The van der Waals surface area contributed by atoms with Crippen LogP contribution in [-0.4, -0.2) is 20.6 Å². The number of nitrogens with zero attached hydrogens (tertiary/aromatic N) is 1. The summed E-state index contributed by atoms with van der Waals surface area (Å²) in [5, 5.41) is 12.4. The fourth-order valence-corrected chi connectivity index (χ4v) is 2.12. The van der Waals surface area contributed by atoms with E-state index in [2.05, 4.69) is 10.3 Å². The van der Waals surface area contributed by atoms with Crippen LogP contribution < -0.4 is 11.0 Å². The number of aromatic amines is 1. The topological polar surface area (TPSA) is 87.1 Å². The highest BCUT2D eigenvalue weighted by atomic mass is 16.3. The Balaban J connectivity index is 2.01. The molecule has 0 spiro atoms. The highest BCUT2D eigenvalue weighted by Crippen LogP contribution is 2.23. The van der Waals surface area contributed by atoms with Gasteiger partial charge in [0.25, 0.3) is 0 Å². The maximum absolute atomic E-state index is 11.9. The summed E-state index contributed by atoms with van der Waals surface area (Å²) < 4.78 is 1.53. The van der Waals surface area contributed by atoms with Gasteiger partial charge in [-0.1, -0.05) is 6.07 Å². The summed E-state index contributed by atoms with van der Waals surface area (Å²) in [7, 11) is 0. The van der Waals surface area contributed by atoms with Crippen LogP contribution in [0.1, 0.15) is 23.4 Å². The van der Waals surface area contributed by atoms with Crippen LogP contribution in [0.15, 0.2) is 23.0 Å². The molecule has 1 amide bonds. The summed E-state index contributed by atoms with van der Waals surface area (Å²) in [6.07, 6.45) is 0.158. The molecule has 3 N–H and O–H groups in total. The van der Waals surface area contributed by atoms with Crippen LogP contribution in [0.3, 0.4) is 0 Å². The number of benzene rings is 1. The third kappa shape index (κ3) is 3.34. The molecule has 1 aromatic heterocycles. The molecule has 0 saturated carbocycles. The fourth-order valence-electron chi connectivity index (χ4n) is 2.12. The molecule has 2 aromatic rings. The molecule has 0 aliphatic heterocycles. The summed E-state index contributed by atoms with van der Waals surface area (Å²) in [5.41, 5.74) is 2.70. The molecule has 1 heterocycles. The van der Waals surface area contributed by atoms with Gasteiger partial charge in [0, 0.05) is 24.4 Å². The molecular weight excluding hydrogens is 270 g/mol. The average Bonchev–Trinajstić information content (AvgIpc) is 2.65. The van der Waals surface area contributed by atoms with E-state index >= 15 is 0 Å². The summed E-state index contributed by atoms with van der Waals surface area (Å²) >= 11 is 0. The van der Waals surface area contributed by atoms with Gasteiger partial charge in [-0.15, -0.1) is 0 Å². The van der Waals surface area contributed by atoms with Gasteiger partial charge in [-0.3, -0.25) is 9.36 Å². The molecule has 0 atom stereocenters. The molecule has 0 aliphatic carbocycles. The van der Waals surface area contributed by atoms with Gasteiger partial charge in [0.15, 0.2) is 0 Å². The number of hydrogen-bond donors (Lipinski definition) is 3. The molecule has 0 saturated heterocycles. The Morgan fingerprint density at radius 2 is 2.05 bits per heavy atom. The number of anilines is 1. The number of aromatic nitrogens is 2. The summed E-state index contributed by atoms with van der Waals surface area (Å²) in [4.78, 5) is 26.3. The number of imidazole rings is 1. The minimum atomic E-state index is -0.251. The zero-order valence-electron chi connectivity index (χ0n) is 12.4. The summed E-state index contributed by atoms with van der Waals surface area (Å²) in [6, 6.07) is 5.04. The number of phenols is 1. The van der Waals surface area contributed by atoms with Gasteiger partial charge in [0.2, 0.25) is 5.91 Å². The highest BCUT2D eigenvalue weighted by Gasteiger charge is 2.10. The van der Waals surface area contributed by atoms with E-state index < -0.39 is 0 Å². The first-order valence-electron chi connectivity index (χ1n) is 6.74. The lowest BCUT2D eigenvalue weighted by Crippen LogP contribution is -2.22. The van der Waals surface area contributed by atoms with E-state index in [4.69, 9.17) is 0 Å². The zero-order chi connectivity index (χ0) is 15.6. The normalized spacial score (nSPS) is 10.6. The van der Waals surface area contributed by atoms with E-state index in [0.717, 1.165) is 17.0 Å². The van der Waals surface area contributed by atoms with Gasteiger partial charge < -0.3 is 15.4 Å². The number of nitrogens with one attached hydrogen (secondary N) is 2. The molecule has 0 aliphatic rings. The average molecular weight is 289 g/mol. The quantitative estimate of drug-likeness (QED) is 0.750. The number of phenolic OH excluding ortho intramolecular Hbond substituents is 1. The number of rotatable bonds is 4. The first-order valence-corrected chi connectivity index (χ1v) is 6.74. The van der Waals surface area contributed by atoms with E-state index in [0.29, 0.717) is 12.2 Å². The predicted octanol–water partition coefficient (Wildman–Crippen LogP) is 1.84. The molecule has 112 valence electrons. The Hall–Kier alpha value is -2.50. The van der Waals surface area contributed by atoms with Gasteiger partial charge in [-0.05, 0) is 38.5 Å². The van der Waals surface area contributed by atoms with E-state index in [1.54, 1.807) is 18.2 Å². The Labute approximate surface area is 122 Å². The van der Waals surface area contributed by atoms with E-state index in [1.165, 1.54) is 4.57 Å². The van der Waals surface area contributed by atoms with Gasteiger partial charge in [-0.2, -0.15) is 0 Å². The van der Waals surface area contributed by atoms with Crippen molar-refractivity contribution in [1.29, 1.82) is 0 Å². The Morgan fingerprint density at radius 3 is 2.62 bits per heavy atom. The number of carbonyl (C=O) groups excluding carboxylic acids is 1. The Kier molecular flexibility index (Phi) is 4.16. The van der Waals surface area contributed by atoms with Crippen molar-refractivity contribution in [3.63, 3.8) is 0 Å². The lowest BCUT2D eigenvalue weighted by molar-refractivity contribution is -0.116. The standard InChI is InChI=1S/C15H19N3O3/c1-9-4-5-12(13(19)8-9)17-14(20)6-7-18-11(3)10(2)16-15(18)21/h4-5,8,19H,6-7H2,1-3H3,(H,16,21)(H,17,20). The van der Waals surface area contributed by atoms with Crippen molar-refractivity contribution in [2.24, 2.45) is 0 Å². The van der Waals surface area contributed by atoms with Crippen LogP contribution in [-0.2, 0) is 11.3 Å². The number of amides is 1. The summed E-state index contributed by atoms with van der Waals surface area (Å²) in [6.45, 7) is 5.80. The largest absolute Gasteiger partial charge is 0.506 e. The lowest BCUT2D eigenvalue weighted by Gasteiger charge is -2.08. The van der Waals surface area contributed by atoms with Crippen molar-refractivity contribution in [2.45, 2.75) is 33.7 Å². The van der Waals surface area contributed by atoms with Gasteiger partial charge in [0.1, 0.15) is 5.75 Å². The molecule has 0 bridgehead atoms. The second-order valence-electron chi connectivity index (χ2n) is 5.11. The molecule has 0 radical (unpaired) electrons. The van der Waals surface area contributed by atoms with Crippen LogP contribution in [0.5, 0.6) is 5.75 Å². The first-order chi connectivity index (χ1) is 9.88. The molecule has 1 aromatic carbocycles. The van der Waals surface area contributed by atoms with Gasteiger partial charge in [-0.25, -0.2) is 4.79 Å². The minimum Gasteiger partial charge on any atom is -0.506 e. The lowest BCUT2D eigenvalue weighted by atomic mass is 10.2. The maximum atomic E-state index is 11.9. The van der Waals surface area contributed by atoms with Crippen molar-refractivity contribution in [1.82, 2.24) is 9.55 Å². The molecule has 0 unspecified atom stereocenters. The number of hydrogen-bond acceptors (Lipinski definition) is 3. The van der Waals surface area contributed by atoms with E-state index in [-0.39, 0.29) is 23.8 Å².